The van der Waals surface area contributed by atoms with Crippen LogP contribution in [0.2, 0.25) is 0 Å². The van der Waals surface area contributed by atoms with Gasteiger partial charge in [-0.2, -0.15) is 15.2 Å². The van der Waals surface area contributed by atoms with Gasteiger partial charge in [-0.25, -0.2) is 9.78 Å². The van der Waals surface area contributed by atoms with Gasteiger partial charge in [-0.1, -0.05) is 0 Å². The third-order valence-corrected chi connectivity index (χ3v) is 15.6. The Hall–Kier alpha value is -7.23. The topological polar surface area (TPSA) is 251 Å². The molecule has 4 N–H and O–H groups in total. The zero-order valence-corrected chi connectivity index (χ0v) is 41.5. The Morgan fingerprint density at radius 1 is 0.781 bits per heavy atom. The smallest absolute Gasteiger partial charge is 0.343 e. The molecule has 0 spiro atoms. The molecule has 0 radical (unpaired) electrons. The van der Waals surface area contributed by atoms with Crippen molar-refractivity contribution in [2.75, 3.05) is 66.7 Å². The van der Waals surface area contributed by atoms with Crippen LogP contribution in [0.1, 0.15) is 115 Å². The van der Waals surface area contributed by atoms with E-state index in [0.29, 0.717) is 80.3 Å². The van der Waals surface area contributed by atoms with Gasteiger partial charge in [0.2, 0.25) is 29.6 Å². The molecule has 1 atom stereocenters. The number of benzene rings is 1. The van der Waals surface area contributed by atoms with E-state index < -0.39 is 35.6 Å². The molecule has 0 bridgehead atoms. The number of imide groups is 2. The molecule has 3 saturated heterocycles. The van der Waals surface area contributed by atoms with Gasteiger partial charge in [0.25, 0.3) is 11.8 Å². The van der Waals surface area contributed by atoms with Crippen LogP contribution >= 0.6 is 0 Å². The lowest BCUT2D eigenvalue weighted by atomic mass is 9.80. The molecule has 386 valence electrons. The first kappa shape index (κ1) is 49.4. The largest absolute Gasteiger partial charge is 0.462 e. The lowest BCUT2D eigenvalue weighted by Gasteiger charge is -2.43. The average Bonchev–Trinajstić information content (AvgIpc) is 4.10. The number of carbonyl (C=O) groups excluding carboxylic acids is 7. The first-order valence-electron chi connectivity index (χ1n) is 25.9. The van der Waals surface area contributed by atoms with Crippen molar-refractivity contribution in [3.63, 3.8) is 0 Å². The van der Waals surface area contributed by atoms with Crippen LogP contribution in [-0.4, -0.2) is 150 Å². The monoisotopic (exact) mass is 1000 g/mol. The maximum Gasteiger partial charge on any atom is 0.343 e. The summed E-state index contributed by atoms with van der Waals surface area (Å²) in [6.07, 6.45) is 17.0. The number of nitrogens with zero attached hydrogens (tertiary/aromatic N) is 10. The predicted molar refractivity (Wildman–Crippen MR) is 267 cm³/mol. The van der Waals surface area contributed by atoms with Crippen LogP contribution < -0.4 is 26.2 Å². The molecule has 1 unspecified atom stereocenters. The number of piperidine rings is 2. The number of esters is 1. The van der Waals surface area contributed by atoms with E-state index in [1.165, 1.54) is 6.20 Å². The van der Waals surface area contributed by atoms with Gasteiger partial charge in [0.05, 0.1) is 41.5 Å². The second-order valence-corrected chi connectivity index (χ2v) is 20.3. The Labute approximate surface area is 422 Å². The van der Waals surface area contributed by atoms with Crippen molar-refractivity contribution >= 4 is 70.2 Å². The average molecular weight is 1000 g/mol. The SMILES string of the molecule is CCOC(=O)c1cnc(Nc2cnn(C)c2)nc1NC1CCC(N2CCN(C(=O)C3CCC(C(=O)Nc4cnn(CC5CCN(c6ccc7c(c6)C(=O)N(C6CCC(=O)NC6=O)C7=O)CC5)c4)CC3)CC2)CC1. The molecule has 3 aromatic heterocycles. The quantitative estimate of drug-likeness (QED) is 0.103. The molecule has 6 amide bonds. The van der Waals surface area contributed by atoms with E-state index in [1.807, 2.05) is 35.1 Å². The number of hydrogen-bond donors (Lipinski definition) is 4. The minimum absolute atomic E-state index is 0.0360. The third kappa shape index (κ3) is 10.9. The fraction of sp³-hybridized carbons (Fsp3) is 0.549. The Balaban J connectivity index is 0.627. The van der Waals surface area contributed by atoms with Gasteiger partial charge in [0.1, 0.15) is 17.4 Å². The molecule has 7 heterocycles. The summed E-state index contributed by atoms with van der Waals surface area (Å²) in [5, 5.41) is 20.7. The molecular formula is C51H64N14O8. The number of amides is 6. The van der Waals surface area contributed by atoms with E-state index in [9.17, 15) is 33.6 Å². The highest BCUT2D eigenvalue weighted by Crippen LogP contribution is 2.35. The van der Waals surface area contributed by atoms with Crippen LogP contribution in [0.15, 0.2) is 49.2 Å². The summed E-state index contributed by atoms with van der Waals surface area (Å²) in [6.45, 7) is 7.28. The van der Waals surface area contributed by atoms with Crippen LogP contribution in [-0.2, 0) is 37.5 Å². The van der Waals surface area contributed by atoms with Gasteiger partial charge in [0, 0.05) is 107 Å². The van der Waals surface area contributed by atoms with E-state index in [1.54, 1.807) is 36.1 Å². The highest BCUT2D eigenvalue weighted by atomic mass is 16.5. The molecule has 4 aromatic rings. The first-order valence-corrected chi connectivity index (χ1v) is 25.9. The molecule has 1 aromatic carbocycles. The van der Waals surface area contributed by atoms with Crippen LogP contribution in [0.3, 0.4) is 0 Å². The lowest BCUT2D eigenvalue weighted by molar-refractivity contribution is -0.140. The Morgan fingerprint density at radius 3 is 2.22 bits per heavy atom. The summed E-state index contributed by atoms with van der Waals surface area (Å²) in [7, 11) is 1.83. The molecular weight excluding hydrogens is 937 g/mol. The van der Waals surface area contributed by atoms with E-state index >= 15 is 0 Å². The maximum absolute atomic E-state index is 13.8. The van der Waals surface area contributed by atoms with Crippen LogP contribution in [0.25, 0.3) is 0 Å². The minimum atomic E-state index is -1.000. The van der Waals surface area contributed by atoms with E-state index in [0.717, 1.165) is 81.0 Å². The highest BCUT2D eigenvalue weighted by molar-refractivity contribution is 6.23. The molecule has 10 rings (SSSR count). The zero-order chi connectivity index (χ0) is 50.8. The summed E-state index contributed by atoms with van der Waals surface area (Å²) in [6, 6.07) is 4.78. The number of carbonyl (C=O) groups is 7. The second-order valence-electron chi connectivity index (χ2n) is 20.3. The van der Waals surface area contributed by atoms with Gasteiger partial charge in [-0.05, 0) is 102 Å². The van der Waals surface area contributed by atoms with Crippen molar-refractivity contribution in [1.29, 1.82) is 0 Å². The molecule has 2 aliphatic carbocycles. The summed E-state index contributed by atoms with van der Waals surface area (Å²) in [5.74, 6) is -1.45. The molecule has 2 saturated carbocycles. The zero-order valence-electron chi connectivity index (χ0n) is 41.5. The van der Waals surface area contributed by atoms with E-state index in [4.69, 9.17) is 4.74 Å². The molecule has 4 aliphatic heterocycles. The fourth-order valence-electron chi connectivity index (χ4n) is 11.5. The van der Waals surface area contributed by atoms with Gasteiger partial charge in [-0.15, -0.1) is 0 Å². The summed E-state index contributed by atoms with van der Waals surface area (Å²) in [4.78, 5) is 107. The summed E-state index contributed by atoms with van der Waals surface area (Å²) >= 11 is 0. The number of ether oxygens (including phenoxy) is 1. The second kappa shape index (κ2) is 21.5. The minimum Gasteiger partial charge on any atom is -0.462 e. The van der Waals surface area contributed by atoms with Crippen LogP contribution in [0.4, 0.5) is 28.8 Å². The molecule has 22 nitrogen and oxygen atoms in total. The molecule has 22 heteroatoms. The Kier molecular flexibility index (Phi) is 14.5. The standard InChI is InChI=1S/C51H64N14O8/c1-3-73-50(72)41-27-52-51(57-35-25-53-60(2)29-35)59-44(41)55-34-8-10-37(11-9-34)62-20-22-63(23-21-62)47(69)33-6-4-32(5-7-33)45(67)56-36-26-54-64(30-36)28-31-16-18-61(19-17-31)38-12-13-39-40(24-38)49(71)65(48(39)70)42-14-15-43(66)58-46(42)68/h12-13,24-27,29-34,37,42H,3-11,14-23,28H2,1-2H3,(H,56,67)(H,58,66,68)(H2,52,55,57,59). The fourth-order valence-corrected chi connectivity index (χ4v) is 11.5. The van der Waals surface area contributed by atoms with Crippen molar-refractivity contribution < 1.29 is 38.3 Å². The number of aromatic nitrogens is 6. The summed E-state index contributed by atoms with van der Waals surface area (Å²) in [5.41, 5.74) is 3.07. The number of anilines is 5. The third-order valence-electron chi connectivity index (χ3n) is 15.6. The number of hydrogen-bond acceptors (Lipinski definition) is 16. The maximum atomic E-state index is 13.8. The van der Waals surface area contributed by atoms with Gasteiger partial charge >= 0.3 is 5.97 Å². The normalized spacial score (nSPS) is 24.0. The number of aryl methyl sites for hydroxylation is 1. The van der Waals surface area contributed by atoms with Gasteiger partial charge in [0.15, 0.2) is 0 Å². The van der Waals surface area contributed by atoms with Crippen molar-refractivity contribution in [2.45, 2.75) is 109 Å². The Bertz CT molecular complexity index is 2740. The van der Waals surface area contributed by atoms with Crippen molar-refractivity contribution in [3.05, 3.63) is 65.9 Å². The Morgan fingerprint density at radius 2 is 1.51 bits per heavy atom. The van der Waals surface area contributed by atoms with Crippen molar-refractivity contribution in [2.24, 2.45) is 24.8 Å². The van der Waals surface area contributed by atoms with Crippen molar-refractivity contribution in [1.82, 2.24) is 49.5 Å². The number of rotatable bonds is 14. The number of piperazine rings is 1. The van der Waals surface area contributed by atoms with E-state index in [-0.39, 0.29) is 60.3 Å². The van der Waals surface area contributed by atoms with Gasteiger partial charge in [-0.3, -0.25) is 53.2 Å². The summed E-state index contributed by atoms with van der Waals surface area (Å²) < 4.78 is 8.85. The first-order chi connectivity index (χ1) is 35.4. The molecule has 73 heavy (non-hydrogen) atoms. The lowest BCUT2D eigenvalue weighted by Crippen LogP contribution is -2.54. The van der Waals surface area contributed by atoms with E-state index in [2.05, 4.69) is 51.2 Å². The van der Waals surface area contributed by atoms with Crippen LogP contribution in [0.5, 0.6) is 0 Å². The number of nitrogens with one attached hydrogen (secondary N) is 4. The number of fused-ring (bicyclic) bond motifs is 1. The molecule has 5 fully saturated rings. The van der Waals surface area contributed by atoms with Gasteiger partial charge < -0.3 is 30.5 Å². The predicted octanol–water partition coefficient (Wildman–Crippen LogP) is 3.96. The molecule has 6 aliphatic rings. The van der Waals surface area contributed by atoms with Crippen molar-refractivity contribution in [3.8, 4) is 0 Å². The van der Waals surface area contributed by atoms with Crippen LogP contribution in [0, 0.1) is 17.8 Å². The highest BCUT2D eigenvalue weighted by Gasteiger charge is 2.45.